The Bertz CT molecular complexity index is 837. The minimum atomic E-state index is -3.75. The predicted octanol–water partition coefficient (Wildman–Crippen LogP) is 1.86. The molecule has 7 nitrogen and oxygen atoms in total. The van der Waals surface area contributed by atoms with Crippen molar-refractivity contribution in [2.75, 3.05) is 13.2 Å². The molecule has 2 aromatic carbocycles. The van der Waals surface area contributed by atoms with Gasteiger partial charge in [0.2, 0.25) is 10.0 Å². The van der Waals surface area contributed by atoms with Crippen molar-refractivity contribution in [3.8, 4) is 11.5 Å². The van der Waals surface area contributed by atoms with Gasteiger partial charge in [-0.05, 0) is 55.5 Å². The number of carbonyl (C=O) groups excluding carboxylic acids is 1. The van der Waals surface area contributed by atoms with Gasteiger partial charge in [0.25, 0.3) is 0 Å². The normalized spacial score (nSPS) is 12.3. The maximum atomic E-state index is 12.8. The van der Waals surface area contributed by atoms with Crippen molar-refractivity contribution >= 4 is 16.0 Å². The number of rotatable bonds is 8. The molecule has 0 amide bonds. The van der Waals surface area contributed by atoms with Crippen LogP contribution in [0, 0.1) is 5.82 Å². The summed E-state index contributed by atoms with van der Waals surface area (Å²) >= 11 is 0. The van der Waals surface area contributed by atoms with E-state index < -0.39 is 27.9 Å². The molecule has 26 heavy (non-hydrogen) atoms. The molecule has 0 radical (unpaired) electrons. The lowest BCUT2D eigenvalue weighted by Crippen LogP contribution is -2.27. The molecule has 0 aliphatic carbocycles. The van der Waals surface area contributed by atoms with Crippen molar-refractivity contribution in [1.29, 1.82) is 0 Å². The topological polar surface area (TPSA) is 105 Å². The van der Waals surface area contributed by atoms with Crippen molar-refractivity contribution in [2.24, 2.45) is 5.14 Å². The van der Waals surface area contributed by atoms with E-state index in [1.807, 2.05) is 0 Å². The number of primary sulfonamides is 1. The first-order valence-electron chi connectivity index (χ1n) is 7.60. The Morgan fingerprint density at radius 2 is 1.62 bits per heavy atom. The smallest absolute Gasteiger partial charge is 0.347 e. The molecule has 0 saturated heterocycles. The first-order chi connectivity index (χ1) is 12.3. The van der Waals surface area contributed by atoms with E-state index in [9.17, 15) is 17.6 Å². The van der Waals surface area contributed by atoms with Gasteiger partial charge in [0.15, 0.2) is 6.10 Å². The summed E-state index contributed by atoms with van der Waals surface area (Å²) in [4.78, 5) is 11.8. The molecule has 2 N–H and O–H groups in total. The van der Waals surface area contributed by atoms with E-state index in [1.165, 1.54) is 55.5 Å². The van der Waals surface area contributed by atoms with Crippen LogP contribution in [-0.2, 0) is 19.6 Å². The molecule has 1 atom stereocenters. The summed E-state index contributed by atoms with van der Waals surface area (Å²) in [6, 6.07) is 10.8. The van der Waals surface area contributed by atoms with Gasteiger partial charge >= 0.3 is 5.97 Å². The number of nitrogens with two attached hydrogens (primary N) is 1. The average Bonchev–Trinajstić information content (AvgIpc) is 2.60. The minimum absolute atomic E-state index is 0.0209. The maximum Gasteiger partial charge on any atom is 0.347 e. The number of esters is 1. The summed E-state index contributed by atoms with van der Waals surface area (Å²) in [5, 5.41) is 5.00. The van der Waals surface area contributed by atoms with E-state index in [-0.39, 0.29) is 18.1 Å². The molecule has 0 aliphatic heterocycles. The summed E-state index contributed by atoms with van der Waals surface area (Å²) in [6.45, 7) is 1.56. The fourth-order valence-electron chi connectivity index (χ4n) is 1.91. The van der Waals surface area contributed by atoms with Crippen LogP contribution in [0.2, 0.25) is 0 Å². The Morgan fingerprint density at radius 3 is 2.19 bits per heavy atom. The predicted molar refractivity (Wildman–Crippen MR) is 90.8 cm³/mol. The molecule has 1 unspecified atom stereocenters. The lowest BCUT2D eigenvalue weighted by molar-refractivity contribution is -0.151. The van der Waals surface area contributed by atoms with Crippen LogP contribution in [0.5, 0.6) is 11.5 Å². The van der Waals surface area contributed by atoms with Gasteiger partial charge in [-0.1, -0.05) is 0 Å². The fraction of sp³-hybridized carbons (Fsp3) is 0.235. The van der Waals surface area contributed by atoms with E-state index in [2.05, 4.69) is 0 Å². The molecular weight excluding hydrogens is 365 g/mol. The zero-order valence-electron chi connectivity index (χ0n) is 13.9. The number of hydrogen-bond donors (Lipinski definition) is 1. The monoisotopic (exact) mass is 383 g/mol. The summed E-state index contributed by atoms with van der Waals surface area (Å²) < 4.78 is 50.8. The van der Waals surface area contributed by atoms with Crippen molar-refractivity contribution in [2.45, 2.75) is 17.9 Å². The highest BCUT2D eigenvalue weighted by molar-refractivity contribution is 7.89. The second-order valence-electron chi connectivity index (χ2n) is 5.25. The summed E-state index contributed by atoms with van der Waals surface area (Å²) in [6.07, 6.45) is -0.866. The quantitative estimate of drug-likeness (QED) is 0.551. The lowest BCUT2D eigenvalue weighted by Gasteiger charge is -2.14. The van der Waals surface area contributed by atoms with Gasteiger partial charge in [-0.15, -0.1) is 0 Å². The third-order valence-electron chi connectivity index (χ3n) is 3.21. The van der Waals surface area contributed by atoms with Crippen LogP contribution in [0.1, 0.15) is 6.92 Å². The highest BCUT2D eigenvalue weighted by Gasteiger charge is 2.16. The standard InChI is InChI=1S/C17H18FNO6S/c1-12(25-15-4-2-13(18)3-5-15)17(20)24-11-10-23-14-6-8-16(9-7-14)26(19,21)22/h2-9,12H,10-11H2,1H3,(H2,19,21,22). The van der Waals surface area contributed by atoms with Gasteiger partial charge in [0, 0.05) is 0 Å². The van der Waals surface area contributed by atoms with E-state index in [0.29, 0.717) is 11.5 Å². The van der Waals surface area contributed by atoms with Gasteiger partial charge in [0.1, 0.15) is 30.5 Å². The first kappa shape index (κ1) is 19.7. The Balaban J connectivity index is 1.73. The second kappa shape index (κ2) is 8.63. The second-order valence-corrected chi connectivity index (χ2v) is 6.81. The van der Waals surface area contributed by atoms with E-state index in [4.69, 9.17) is 19.3 Å². The molecular formula is C17H18FNO6S. The first-order valence-corrected chi connectivity index (χ1v) is 9.15. The van der Waals surface area contributed by atoms with Crippen LogP contribution >= 0.6 is 0 Å². The van der Waals surface area contributed by atoms with Gasteiger partial charge in [-0.3, -0.25) is 0 Å². The molecule has 2 aromatic rings. The molecule has 0 aromatic heterocycles. The summed E-state index contributed by atoms with van der Waals surface area (Å²) in [5.74, 6) is -0.240. The van der Waals surface area contributed by atoms with Gasteiger partial charge < -0.3 is 14.2 Å². The zero-order valence-corrected chi connectivity index (χ0v) is 14.7. The van der Waals surface area contributed by atoms with Crippen molar-refractivity contribution < 1.29 is 31.8 Å². The van der Waals surface area contributed by atoms with E-state index >= 15 is 0 Å². The Morgan fingerprint density at radius 1 is 1.04 bits per heavy atom. The largest absolute Gasteiger partial charge is 0.490 e. The molecule has 9 heteroatoms. The number of sulfonamides is 1. The zero-order chi connectivity index (χ0) is 19.2. The van der Waals surface area contributed by atoms with Crippen LogP contribution in [0.3, 0.4) is 0 Å². The molecule has 0 heterocycles. The highest BCUT2D eigenvalue weighted by atomic mass is 32.2. The minimum Gasteiger partial charge on any atom is -0.490 e. The van der Waals surface area contributed by atoms with Gasteiger partial charge in [-0.25, -0.2) is 22.7 Å². The van der Waals surface area contributed by atoms with Crippen LogP contribution in [-0.4, -0.2) is 33.7 Å². The Kier molecular flexibility index (Phi) is 6.53. The van der Waals surface area contributed by atoms with Crippen molar-refractivity contribution in [3.63, 3.8) is 0 Å². The average molecular weight is 383 g/mol. The van der Waals surface area contributed by atoms with Crippen LogP contribution < -0.4 is 14.6 Å². The van der Waals surface area contributed by atoms with Crippen molar-refractivity contribution in [1.82, 2.24) is 0 Å². The van der Waals surface area contributed by atoms with E-state index in [0.717, 1.165) is 0 Å². The molecule has 140 valence electrons. The number of carbonyl (C=O) groups is 1. The fourth-order valence-corrected chi connectivity index (χ4v) is 2.43. The third-order valence-corrected chi connectivity index (χ3v) is 4.14. The Labute approximate surface area is 150 Å². The molecule has 2 rings (SSSR count). The highest BCUT2D eigenvalue weighted by Crippen LogP contribution is 2.15. The molecule has 0 saturated carbocycles. The lowest BCUT2D eigenvalue weighted by atomic mass is 10.3. The number of benzene rings is 2. The van der Waals surface area contributed by atoms with Crippen LogP contribution in [0.15, 0.2) is 53.4 Å². The van der Waals surface area contributed by atoms with Crippen LogP contribution in [0.4, 0.5) is 4.39 Å². The summed E-state index contributed by atoms with van der Waals surface area (Å²) in [7, 11) is -3.75. The number of halogens is 1. The summed E-state index contributed by atoms with van der Waals surface area (Å²) in [5.41, 5.74) is 0. The Hall–Kier alpha value is -2.65. The van der Waals surface area contributed by atoms with E-state index in [1.54, 1.807) is 0 Å². The maximum absolute atomic E-state index is 12.8. The number of hydrogen-bond acceptors (Lipinski definition) is 6. The van der Waals surface area contributed by atoms with Gasteiger partial charge in [0.05, 0.1) is 4.90 Å². The SMILES string of the molecule is CC(Oc1ccc(F)cc1)C(=O)OCCOc1ccc(S(N)(=O)=O)cc1. The molecule has 0 bridgehead atoms. The van der Waals surface area contributed by atoms with Gasteiger partial charge in [-0.2, -0.15) is 0 Å². The number of ether oxygens (including phenoxy) is 3. The van der Waals surface area contributed by atoms with Crippen molar-refractivity contribution in [3.05, 3.63) is 54.3 Å². The molecule has 0 spiro atoms. The van der Waals surface area contributed by atoms with Crippen LogP contribution in [0.25, 0.3) is 0 Å². The molecule has 0 fully saturated rings. The molecule has 0 aliphatic rings. The third kappa shape index (κ3) is 6.01.